The van der Waals surface area contributed by atoms with Gasteiger partial charge in [0.1, 0.15) is 5.82 Å². The predicted molar refractivity (Wildman–Crippen MR) is 74.4 cm³/mol. The van der Waals surface area contributed by atoms with E-state index in [1.165, 1.54) is 12.1 Å². The lowest BCUT2D eigenvalue weighted by Crippen LogP contribution is -2.38. The number of hydrogen-bond donors (Lipinski definition) is 1. The summed E-state index contributed by atoms with van der Waals surface area (Å²) in [5.41, 5.74) is 7.00. The predicted octanol–water partition coefficient (Wildman–Crippen LogP) is 2.33. The summed E-state index contributed by atoms with van der Waals surface area (Å²) in [6.45, 7) is 3.09. The Morgan fingerprint density at radius 3 is 2.79 bits per heavy atom. The van der Waals surface area contributed by atoms with Gasteiger partial charge in [-0.1, -0.05) is 12.1 Å². The van der Waals surface area contributed by atoms with E-state index in [0.29, 0.717) is 6.10 Å². The SMILES string of the molecule is COC1CCN(CCC(N)c2cccc(F)c2)CC1. The molecule has 106 valence electrons. The fourth-order valence-electron chi connectivity index (χ4n) is 2.59. The summed E-state index contributed by atoms with van der Waals surface area (Å²) >= 11 is 0. The largest absolute Gasteiger partial charge is 0.381 e. The number of halogens is 1. The van der Waals surface area contributed by atoms with Crippen molar-refractivity contribution < 1.29 is 9.13 Å². The van der Waals surface area contributed by atoms with E-state index in [-0.39, 0.29) is 11.9 Å². The summed E-state index contributed by atoms with van der Waals surface area (Å²) in [5, 5.41) is 0. The smallest absolute Gasteiger partial charge is 0.123 e. The quantitative estimate of drug-likeness (QED) is 0.889. The van der Waals surface area contributed by atoms with Crippen molar-refractivity contribution >= 4 is 0 Å². The molecule has 0 aromatic heterocycles. The Bertz CT molecular complexity index is 391. The van der Waals surface area contributed by atoms with Gasteiger partial charge in [0.2, 0.25) is 0 Å². The molecule has 1 atom stereocenters. The van der Waals surface area contributed by atoms with Gasteiger partial charge >= 0.3 is 0 Å². The van der Waals surface area contributed by atoms with Crippen LogP contribution in [-0.2, 0) is 4.74 Å². The third-order valence-corrected chi connectivity index (χ3v) is 3.90. The second-order valence-electron chi connectivity index (χ2n) is 5.23. The van der Waals surface area contributed by atoms with Gasteiger partial charge < -0.3 is 15.4 Å². The minimum atomic E-state index is -0.214. The molecule has 1 aromatic rings. The van der Waals surface area contributed by atoms with Crippen LogP contribution in [0.2, 0.25) is 0 Å². The van der Waals surface area contributed by atoms with Crippen LogP contribution in [0.25, 0.3) is 0 Å². The molecule has 1 aliphatic heterocycles. The summed E-state index contributed by atoms with van der Waals surface area (Å²) in [6, 6.07) is 6.50. The maximum Gasteiger partial charge on any atom is 0.123 e. The maximum atomic E-state index is 13.1. The first-order valence-electron chi connectivity index (χ1n) is 6.95. The van der Waals surface area contributed by atoms with E-state index in [9.17, 15) is 4.39 Å². The van der Waals surface area contributed by atoms with E-state index in [2.05, 4.69) is 4.90 Å². The van der Waals surface area contributed by atoms with Crippen molar-refractivity contribution in [1.29, 1.82) is 0 Å². The molecular weight excluding hydrogens is 243 g/mol. The van der Waals surface area contributed by atoms with Gasteiger partial charge in [-0.25, -0.2) is 4.39 Å². The van der Waals surface area contributed by atoms with Gasteiger partial charge in [-0.15, -0.1) is 0 Å². The summed E-state index contributed by atoms with van der Waals surface area (Å²) < 4.78 is 18.5. The highest BCUT2D eigenvalue weighted by Crippen LogP contribution is 2.18. The van der Waals surface area contributed by atoms with Gasteiger partial charge in [-0.05, 0) is 43.5 Å². The number of methoxy groups -OCH3 is 1. The highest BCUT2D eigenvalue weighted by Gasteiger charge is 2.19. The van der Waals surface area contributed by atoms with E-state index in [0.717, 1.165) is 44.5 Å². The summed E-state index contributed by atoms with van der Waals surface area (Å²) in [5.74, 6) is -0.214. The Kier molecular flexibility index (Phi) is 5.31. The molecule has 0 saturated carbocycles. The molecule has 0 amide bonds. The second-order valence-corrected chi connectivity index (χ2v) is 5.23. The minimum Gasteiger partial charge on any atom is -0.381 e. The second kappa shape index (κ2) is 6.98. The van der Waals surface area contributed by atoms with Crippen molar-refractivity contribution in [3.05, 3.63) is 35.6 Å². The van der Waals surface area contributed by atoms with Crippen LogP contribution in [0.4, 0.5) is 4.39 Å². The molecule has 1 aromatic carbocycles. The third kappa shape index (κ3) is 4.27. The van der Waals surface area contributed by atoms with Crippen LogP contribution < -0.4 is 5.73 Å². The van der Waals surface area contributed by atoms with Crippen molar-refractivity contribution in [3.63, 3.8) is 0 Å². The molecule has 19 heavy (non-hydrogen) atoms. The lowest BCUT2D eigenvalue weighted by Gasteiger charge is -2.31. The number of hydrogen-bond acceptors (Lipinski definition) is 3. The minimum absolute atomic E-state index is 0.0872. The first-order valence-corrected chi connectivity index (χ1v) is 6.95. The fraction of sp³-hybridized carbons (Fsp3) is 0.600. The van der Waals surface area contributed by atoms with Gasteiger partial charge in [-0.3, -0.25) is 0 Å². The zero-order valence-corrected chi connectivity index (χ0v) is 11.5. The number of likely N-dealkylation sites (tertiary alicyclic amines) is 1. The van der Waals surface area contributed by atoms with Crippen LogP contribution in [0.3, 0.4) is 0 Å². The fourth-order valence-corrected chi connectivity index (χ4v) is 2.59. The van der Waals surface area contributed by atoms with Crippen molar-refractivity contribution in [3.8, 4) is 0 Å². The van der Waals surface area contributed by atoms with Gasteiger partial charge in [0.05, 0.1) is 6.10 Å². The Balaban J connectivity index is 1.76. The van der Waals surface area contributed by atoms with Crippen LogP contribution in [0, 0.1) is 5.82 Å². The number of rotatable bonds is 5. The molecule has 1 unspecified atom stereocenters. The molecular formula is C15H23FN2O. The van der Waals surface area contributed by atoms with Crippen LogP contribution in [0.15, 0.2) is 24.3 Å². The standard InChI is InChI=1S/C15H23FN2O/c1-19-14-5-8-18(9-6-14)10-7-15(17)12-3-2-4-13(16)11-12/h2-4,11,14-15H,5-10,17H2,1H3. The van der Waals surface area contributed by atoms with Crippen LogP contribution >= 0.6 is 0 Å². The van der Waals surface area contributed by atoms with Crippen molar-refractivity contribution in [2.45, 2.75) is 31.4 Å². The molecule has 0 aliphatic carbocycles. The Morgan fingerprint density at radius 2 is 2.16 bits per heavy atom. The van der Waals surface area contributed by atoms with E-state index >= 15 is 0 Å². The molecule has 0 radical (unpaired) electrons. The topological polar surface area (TPSA) is 38.5 Å². The summed E-state index contributed by atoms with van der Waals surface area (Å²) in [7, 11) is 1.78. The number of nitrogens with two attached hydrogens (primary N) is 1. The van der Waals surface area contributed by atoms with Gasteiger partial charge in [0.15, 0.2) is 0 Å². The van der Waals surface area contributed by atoms with E-state index < -0.39 is 0 Å². The maximum absolute atomic E-state index is 13.1. The van der Waals surface area contributed by atoms with Gasteiger partial charge in [0, 0.05) is 26.2 Å². The highest BCUT2D eigenvalue weighted by atomic mass is 19.1. The lowest BCUT2D eigenvalue weighted by atomic mass is 10.0. The normalized spacial score (nSPS) is 19.5. The van der Waals surface area contributed by atoms with Crippen molar-refractivity contribution in [2.75, 3.05) is 26.7 Å². The Labute approximate surface area is 114 Å². The number of ether oxygens (including phenoxy) is 1. The Hall–Kier alpha value is -0.970. The van der Waals surface area contributed by atoms with Gasteiger partial charge in [-0.2, -0.15) is 0 Å². The van der Waals surface area contributed by atoms with Crippen molar-refractivity contribution in [1.82, 2.24) is 4.90 Å². The van der Waals surface area contributed by atoms with Crippen LogP contribution in [-0.4, -0.2) is 37.7 Å². The first-order chi connectivity index (χ1) is 9.19. The summed E-state index contributed by atoms with van der Waals surface area (Å²) in [6.07, 6.45) is 3.45. The molecule has 2 rings (SSSR count). The van der Waals surface area contributed by atoms with E-state index in [4.69, 9.17) is 10.5 Å². The molecule has 1 saturated heterocycles. The molecule has 1 fully saturated rings. The molecule has 3 nitrogen and oxygen atoms in total. The molecule has 1 heterocycles. The first kappa shape index (κ1) is 14.4. The number of nitrogens with zero attached hydrogens (tertiary/aromatic N) is 1. The molecule has 0 spiro atoms. The number of piperidine rings is 1. The van der Waals surface area contributed by atoms with Crippen LogP contribution in [0.5, 0.6) is 0 Å². The highest BCUT2D eigenvalue weighted by molar-refractivity contribution is 5.19. The molecule has 0 bridgehead atoms. The monoisotopic (exact) mass is 266 g/mol. The zero-order chi connectivity index (χ0) is 13.7. The number of benzene rings is 1. The Morgan fingerprint density at radius 1 is 1.42 bits per heavy atom. The van der Waals surface area contributed by atoms with Gasteiger partial charge in [0.25, 0.3) is 0 Å². The van der Waals surface area contributed by atoms with E-state index in [1.807, 2.05) is 6.07 Å². The zero-order valence-electron chi connectivity index (χ0n) is 11.5. The van der Waals surface area contributed by atoms with E-state index in [1.54, 1.807) is 13.2 Å². The average molecular weight is 266 g/mol. The molecule has 4 heteroatoms. The average Bonchev–Trinajstić information content (AvgIpc) is 2.45. The van der Waals surface area contributed by atoms with Crippen molar-refractivity contribution in [2.24, 2.45) is 5.73 Å². The molecule has 2 N–H and O–H groups in total. The van der Waals surface area contributed by atoms with Crippen LogP contribution in [0.1, 0.15) is 30.9 Å². The lowest BCUT2D eigenvalue weighted by molar-refractivity contribution is 0.0404. The third-order valence-electron chi connectivity index (χ3n) is 3.90. The molecule has 1 aliphatic rings. The summed E-state index contributed by atoms with van der Waals surface area (Å²) in [4.78, 5) is 2.41.